The van der Waals surface area contributed by atoms with Crippen LogP contribution in [0.25, 0.3) is 0 Å². The third-order valence-electron chi connectivity index (χ3n) is 26.8. The van der Waals surface area contributed by atoms with Gasteiger partial charge >= 0.3 is 11.9 Å². The quantitative estimate of drug-likeness (QED) is 0.0275. The summed E-state index contributed by atoms with van der Waals surface area (Å²) in [4.78, 5) is 26.2. The van der Waals surface area contributed by atoms with Gasteiger partial charge in [0.05, 0.1) is 127 Å². The fourth-order valence-corrected chi connectivity index (χ4v) is 18.2. The van der Waals surface area contributed by atoms with Crippen LogP contribution in [0.4, 0.5) is 0 Å². The smallest absolute Gasteiger partial charge is 0.364 e. The molecule has 0 spiro atoms. The molecule has 0 aromatic rings. The number of aliphatic hydroxyl groups is 30. The van der Waals surface area contributed by atoms with E-state index in [1.807, 2.05) is 0 Å². The Labute approximate surface area is 761 Å². The predicted octanol–water partition coefficient (Wildman–Crippen LogP) is -20.5. The van der Waals surface area contributed by atoms with Gasteiger partial charge < -0.3 is 274 Å². The van der Waals surface area contributed by atoms with Gasteiger partial charge in [-0.2, -0.15) is 0 Å². The molecule has 0 amide bonds. The highest BCUT2D eigenvalue weighted by Gasteiger charge is 2.65. The molecule has 134 heavy (non-hydrogen) atoms. The molecule has 21 unspecified atom stereocenters. The molecule has 11 aliphatic rings. The van der Waals surface area contributed by atoms with Crippen LogP contribution in [0.5, 0.6) is 0 Å². The van der Waals surface area contributed by atoms with Gasteiger partial charge in [-0.3, -0.25) is 0 Å². The number of aliphatic hydroxyl groups excluding tert-OH is 30. The summed E-state index contributed by atoms with van der Waals surface area (Å²) in [6, 6.07) is -3.32. The van der Waals surface area contributed by atoms with Crippen molar-refractivity contribution in [2.45, 2.75) is 372 Å². The van der Waals surface area contributed by atoms with Crippen LogP contribution >= 0.6 is 0 Å². The Bertz CT molecular complexity index is 3610. The van der Waals surface area contributed by atoms with Crippen molar-refractivity contribution in [3.63, 3.8) is 0 Å². The lowest BCUT2D eigenvalue weighted by Gasteiger charge is -2.51. The standard InChI is InChI=1S/C77H132N2O55/c1-19-23(5)115-32(14-86)55(39(19)94)124-66-20(2)40(95)56(33(15-87)120-66)125-69-52(107)61(128-73-65(51(106)46(101)29(11-83)119-73)130-68-22(4)42(97)58(35(17-89)122-68)127-71-54(109)63(48(103)31(13-85)117-71)134-77(75(112)113)7-25(91)38(79)60(132-77)44(99)27(93)9-81)49(104)36(123-69)18-114-72-64(50(105)45(100)28(10-82)118-72)129-67-21(3)41(96)57(34(16-88)121-67)126-70-53(108)62(47(102)30(12-84)116-70)133-76(74(110)111)6-24(90)37(78)59(131-76)43(98)26(92)8-80/h19-73,80-109H,6-18,78-79H2,1-5H3,(H,110,111)(H,112,113)/t19-,20+,21?,22+,23+,24-,25-,26-,27-,28?,29-,30?,31?,32?,33?,34+,35?,36?,37-,38-,39?,40?,41?,42?,43-,44-,45-,46-,47+,48+,49-,50?,51?,52-,53+,54+,55-,56-,57-,58-,59?,60?,61?,62?,63?,64?,65?,66+,67+,68+,69+,70+,71+,72+,73-,76+,77+/m1/s1. The Balaban J connectivity index is 0.849. The second-order valence-electron chi connectivity index (χ2n) is 35.7. The Morgan fingerprint density at radius 1 is 0.306 bits per heavy atom. The molecule has 11 saturated heterocycles. The predicted molar refractivity (Wildman–Crippen MR) is 417 cm³/mol. The van der Waals surface area contributed by atoms with E-state index in [9.17, 15) is 173 Å². The van der Waals surface area contributed by atoms with Crippen LogP contribution in [-0.4, -0.2) is 572 Å². The van der Waals surface area contributed by atoms with Crippen molar-refractivity contribution in [3.05, 3.63) is 0 Å². The number of hydrogen-bond donors (Lipinski definition) is 34. The number of hydrogen-bond acceptors (Lipinski definition) is 55. The Morgan fingerprint density at radius 3 is 0.918 bits per heavy atom. The van der Waals surface area contributed by atoms with Crippen molar-refractivity contribution >= 4 is 11.9 Å². The van der Waals surface area contributed by atoms with Crippen molar-refractivity contribution in [2.24, 2.45) is 35.1 Å². The van der Waals surface area contributed by atoms with Crippen molar-refractivity contribution in [1.82, 2.24) is 0 Å². The first-order chi connectivity index (χ1) is 63.2. The summed E-state index contributed by atoms with van der Waals surface area (Å²) >= 11 is 0. The van der Waals surface area contributed by atoms with E-state index < -0.39 is 445 Å². The first-order valence-corrected chi connectivity index (χ1v) is 43.7. The lowest BCUT2D eigenvalue weighted by atomic mass is 9.88. The molecule has 11 fully saturated rings. The van der Waals surface area contributed by atoms with Crippen LogP contribution < -0.4 is 11.5 Å². The average Bonchev–Trinajstić information content (AvgIpc) is 0.755. The number of carboxylic acids is 2. The summed E-state index contributed by atoms with van der Waals surface area (Å²) < 4.78 is 126. The van der Waals surface area contributed by atoms with E-state index in [-0.39, 0.29) is 0 Å². The summed E-state index contributed by atoms with van der Waals surface area (Å²) in [5.74, 6) is -15.4. The number of rotatable bonds is 37. The lowest BCUT2D eigenvalue weighted by Crippen LogP contribution is -2.70. The molecule has 0 aromatic heterocycles. The average molecular weight is 1970 g/mol. The Hall–Kier alpha value is -3.18. The fourth-order valence-electron chi connectivity index (χ4n) is 18.2. The zero-order chi connectivity index (χ0) is 99.0. The van der Waals surface area contributed by atoms with Gasteiger partial charge in [0.25, 0.3) is 11.6 Å². The monoisotopic (exact) mass is 1960 g/mol. The summed E-state index contributed by atoms with van der Waals surface area (Å²) in [5, 5.41) is 357. The van der Waals surface area contributed by atoms with E-state index >= 15 is 0 Å². The van der Waals surface area contributed by atoms with E-state index in [0.717, 1.165) is 0 Å². The van der Waals surface area contributed by atoms with Crippen molar-refractivity contribution in [2.75, 3.05) is 72.7 Å². The maximum Gasteiger partial charge on any atom is 0.364 e. The second-order valence-corrected chi connectivity index (χ2v) is 35.7. The summed E-state index contributed by atoms with van der Waals surface area (Å²) in [6.07, 6.45) is -101. The summed E-state index contributed by atoms with van der Waals surface area (Å²) in [6.45, 7) is -4.92. The Morgan fingerprint density at radius 2 is 0.575 bits per heavy atom. The van der Waals surface area contributed by atoms with Crippen molar-refractivity contribution in [1.29, 1.82) is 0 Å². The second kappa shape index (κ2) is 47.1. The van der Waals surface area contributed by atoms with Gasteiger partial charge in [0, 0.05) is 36.5 Å². The Kier molecular flexibility index (Phi) is 39.1. The molecule has 0 radical (unpaired) electrons. The number of carbonyl (C=O) groups is 2. The van der Waals surface area contributed by atoms with E-state index in [0.29, 0.717) is 0 Å². The van der Waals surface area contributed by atoms with Gasteiger partial charge in [0.1, 0.15) is 208 Å². The normalized spacial score (nSPS) is 50.9. The van der Waals surface area contributed by atoms with Gasteiger partial charge in [-0.25, -0.2) is 9.59 Å². The van der Waals surface area contributed by atoms with Crippen LogP contribution in [0.15, 0.2) is 0 Å². The van der Waals surface area contributed by atoms with E-state index in [1.54, 1.807) is 13.8 Å². The molecule has 11 aliphatic heterocycles. The molecule has 36 N–H and O–H groups in total. The third kappa shape index (κ3) is 22.8. The van der Waals surface area contributed by atoms with Gasteiger partial charge in [-0.05, 0) is 6.92 Å². The first kappa shape index (κ1) is 111. The number of carboxylic acid groups (broad SMARTS) is 2. The minimum atomic E-state index is -3.18. The molecule has 0 saturated carbocycles. The van der Waals surface area contributed by atoms with Gasteiger partial charge in [0.15, 0.2) is 50.3 Å². The van der Waals surface area contributed by atoms with E-state index in [2.05, 4.69) is 0 Å². The third-order valence-corrected chi connectivity index (χ3v) is 26.8. The highest BCUT2D eigenvalue weighted by atomic mass is 16.8. The lowest BCUT2D eigenvalue weighted by molar-refractivity contribution is -0.404. The largest absolute Gasteiger partial charge is 0.477 e. The minimum absolute atomic E-state index is 0.588. The molecule has 57 heteroatoms. The van der Waals surface area contributed by atoms with E-state index in [1.165, 1.54) is 20.8 Å². The van der Waals surface area contributed by atoms with Crippen molar-refractivity contribution in [3.8, 4) is 0 Å². The van der Waals surface area contributed by atoms with Crippen LogP contribution in [0, 0.1) is 23.7 Å². The first-order valence-electron chi connectivity index (χ1n) is 43.7. The molecule has 57 nitrogen and oxygen atoms in total. The molecule has 0 aromatic carbocycles. The molecule has 11 rings (SSSR count). The SMILES string of the molecule is CC1C(O)[C@H](O[C@@H]2OC(CO)[C@H](O)C(O[C@]3(C(=O)O)C[C@@H](O)[C@@H](N)C([C@H](O)[C@H](O)CO)O3)[C@@H]2O)[C@H](CO)O[C@H]1OC1C(O)[C@H](O)C(CO)O[C@@H]1OCC1O[C@@H](O[C@@H]2C(CO)O[C@@H](O[C@@H]3C(CO)O[C@@H](C)[C@@H](C)C3O)[C@@H](C)C2O)[C@H](O)C(O[C@H]2O[C@H](CO)[C@@H](O)C(O)C2O[C@@H]2OC(CO)[C@@H](O[C@@H]3OC(CO)[C@H](O)C(O[C@]4(C(=O)O)C[C@@H](O)[C@@H](N)C([C@H](O)[C@H](O)CO)O4)[C@@H]3O)C(O)[C@@H]2C)[C@@H]1O. The van der Waals surface area contributed by atoms with Gasteiger partial charge in [-0.15, -0.1) is 0 Å². The van der Waals surface area contributed by atoms with E-state index in [4.69, 9.17) is 111 Å². The van der Waals surface area contributed by atoms with Gasteiger partial charge in [-0.1, -0.05) is 27.7 Å². The molecule has 780 valence electrons. The van der Waals surface area contributed by atoms with Crippen LogP contribution in [0.1, 0.15) is 47.5 Å². The molecule has 0 bridgehead atoms. The van der Waals surface area contributed by atoms with Crippen molar-refractivity contribution < 1.29 is 272 Å². The maximum absolute atomic E-state index is 13.1. The molecule has 0 aliphatic carbocycles. The zero-order valence-corrected chi connectivity index (χ0v) is 72.8. The van der Waals surface area contributed by atoms with Gasteiger partial charge in [0.2, 0.25) is 0 Å². The number of aliphatic carboxylic acids is 2. The molecule has 11 heterocycles. The fraction of sp³-hybridized carbons (Fsp3) is 0.974. The maximum atomic E-state index is 13.1. The molecule has 57 atom stereocenters. The summed E-state index contributed by atoms with van der Waals surface area (Å²) in [7, 11) is 0. The highest BCUT2D eigenvalue weighted by Crippen LogP contribution is 2.46. The topological polar surface area (TPSA) is 927 Å². The summed E-state index contributed by atoms with van der Waals surface area (Å²) in [5.41, 5.74) is 12.0. The molecular formula is C77H132N2O55. The zero-order valence-electron chi connectivity index (χ0n) is 72.8. The van der Waals surface area contributed by atoms with Crippen LogP contribution in [0.3, 0.4) is 0 Å². The minimum Gasteiger partial charge on any atom is -0.477 e. The number of nitrogens with two attached hydrogens (primary N) is 2. The van der Waals surface area contributed by atoms with Crippen LogP contribution in [-0.2, 0) is 109 Å². The highest BCUT2D eigenvalue weighted by molar-refractivity contribution is 5.76. The molecular weight excluding hydrogens is 1830 g/mol. The number of ether oxygens (including phenoxy) is 21. The van der Waals surface area contributed by atoms with Crippen LogP contribution in [0.2, 0.25) is 0 Å².